The van der Waals surface area contributed by atoms with Crippen LogP contribution in [0, 0.1) is 14.9 Å². The van der Waals surface area contributed by atoms with Crippen molar-refractivity contribution in [2.75, 3.05) is 13.2 Å². The molecular formula is C14H17ClN4O3S. The smallest absolute Gasteiger partial charge is 0.311 e. The van der Waals surface area contributed by atoms with Gasteiger partial charge in [-0.05, 0) is 18.8 Å². The Labute approximate surface area is 144 Å². The SMILES string of the molecule is Cl.NCCc1c[nH]c(=S)n1[C@H]1COc2c(cccc2[N+](=O)[O-])C1. The number of nitrogens with zero attached hydrogens (tertiary/aromatic N) is 2. The molecule has 0 aliphatic carbocycles. The van der Waals surface area contributed by atoms with Gasteiger partial charge in [-0.1, -0.05) is 12.1 Å². The number of imidazole rings is 1. The number of aromatic nitrogens is 2. The highest BCUT2D eigenvalue weighted by atomic mass is 35.5. The third kappa shape index (κ3) is 3.24. The highest BCUT2D eigenvalue weighted by molar-refractivity contribution is 7.71. The Hall–Kier alpha value is -1.90. The van der Waals surface area contributed by atoms with Crippen LogP contribution in [0.3, 0.4) is 0 Å². The number of nitrogens with one attached hydrogen (secondary N) is 1. The van der Waals surface area contributed by atoms with Gasteiger partial charge in [0, 0.05) is 36.4 Å². The lowest BCUT2D eigenvalue weighted by atomic mass is 10.0. The van der Waals surface area contributed by atoms with Gasteiger partial charge in [-0.15, -0.1) is 12.4 Å². The minimum atomic E-state index is -0.416. The first-order valence-electron chi connectivity index (χ1n) is 6.99. The molecule has 1 aromatic carbocycles. The third-order valence-electron chi connectivity index (χ3n) is 3.80. The Kier molecular flexibility index (Phi) is 5.40. The van der Waals surface area contributed by atoms with E-state index in [-0.39, 0.29) is 24.1 Å². The standard InChI is InChI=1S/C14H16N4O3S.ClH/c15-5-4-10-7-16-14(22)17(10)11-6-9-2-1-3-12(18(19)20)13(9)21-8-11;/h1-3,7,11H,4-6,8,15H2,(H,16,22);1H/t11-;/m1./s1. The molecule has 2 aromatic rings. The number of nitro benzene ring substituents is 1. The number of halogens is 1. The van der Waals surface area contributed by atoms with Crippen LogP contribution in [0.2, 0.25) is 0 Å². The van der Waals surface area contributed by atoms with Crippen molar-refractivity contribution in [3.05, 3.63) is 50.5 Å². The van der Waals surface area contributed by atoms with Crippen molar-refractivity contribution in [3.8, 4) is 5.75 Å². The van der Waals surface area contributed by atoms with Crippen LogP contribution in [0.25, 0.3) is 0 Å². The molecule has 7 nitrogen and oxygen atoms in total. The summed E-state index contributed by atoms with van der Waals surface area (Å²) in [7, 11) is 0. The van der Waals surface area contributed by atoms with Gasteiger partial charge in [-0.2, -0.15) is 0 Å². The van der Waals surface area contributed by atoms with Gasteiger partial charge in [0.05, 0.1) is 11.0 Å². The number of ether oxygens (including phenoxy) is 1. The fraction of sp³-hybridized carbons (Fsp3) is 0.357. The van der Waals surface area contributed by atoms with Gasteiger partial charge in [0.1, 0.15) is 6.61 Å². The monoisotopic (exact) mass is 356 g/mol. The summed E-state index contributed by atoms with van der Waals surface area (Å²) in [5.74, 6) is 0.367. The largest absolute Gasteiger partial charge is 0.484 e. The van der Waals surface area contributed by atoms with Gasteiger partial charge in [0.15, 0.2) is 10.5 Å². The lowest BCUT2D eigenvalue weighted by Crippen LogP contribution is -2.26. The van der Waals surface area contributed by atoms with Crippen molar-refractivity contribution in [3.63, 3.8) is 0 Å². The van der Waals surface area contributed by atoms with Gasteiger partial charge >= 0.3 is 5.69 Å². The number of para-hydroxylation sites is 1. The number of aromatic amines is 1. The van der Waals surface area contributed by atoms with Gasteiger partial charge in [-0.3, -0.25) is 10.1 Å². The van der Waals surface area contributed by atoms with Crippen molar-refractivity contribution in [1.29, 1.82) is 0 Å². The van der Waals surface area contributed by atoms with Crippen LogP contribution < -0.4 is 10.5 Å². The van der Waals surface area contributed by atoms with E-state index in [9.17, 15) is 10.1 Å². The molecule has 0 saturated carbocycles. The molecule has 3 rings (SSSR count). The first-order chi connectivity index (χ1) is 10.6. The average Bonchev–Trinajstić information content (AvgIpc) is 2.87. The van der Waals surface area contributed by atoms with Crippen LogP contribution in [-0.2, 0) is 12.8 Å². The van der Waals surface area contributed by atoms with Crippen LogP contribution in [0.1, 0.15) is 17.3 Å². The van der Waals surface area contributed by atoms with Crippen LogP contribution in [0.5, 0.6) is 5.75 Å². The molecule has 2 heterocycles. The summed E-state index contributed by atoms with van der Waals surface area (Å²) in [5.41, 5.74) is 7.49. The molecule has 0 amide bonds. The average molecular weight is 357 g/mol. The summed E-state index contributed by atoms with van der Waals surface area (Å²) in [4.78, 5) is 13.7. The minimum Gasteiger partial charge on any atom is -0.484 e. The molecule has 9 heteroatoms. The molecule has 0 spiro atoms. The van der Waals surface area contributed by atoms with E-state index in [0.717, 1.165) is 11.3 Å². The molecule has 1 aromatic heterocycles. The molecule has 1 aliphatic heterocycles. The zero-order valence-corrected chi connectivity index (χ0v) is 13.9. The number of fused-ring (bicyclic) bond motifs is 1. The van der Waals surface area contributed by atoms with Crippen LogP contribution >= 0.6 is 24.6 Å². The quantitative estimate of drug-likeness (QED) is 0.498. The fourth-order valence-corrected chi connectivity index (χ4v) is 3.18. The van der Waals surface area contributed by atoms with Crippen LogP contribution in [0.4, 0.5) is 5.69 Å². The maximum atomic E-state index is 11.1. The molecule has 0 bridgehead atoms. The number of nitro groups is 1. The predicted octanol–water partition coefficient (Wildman–Crippen LogP) is 2.55. The zero-order valence-electron chi connectivity index (χ0n) is 12.2. The van der Waals surface area contributed by atoms with E-state index >= 15 is 0 Å². The van der Waals surface area contributed by atoms with Gasteiger partial charge in [0.25, 0.3) is 0 Å². The van der Waals surface area contributed by atoms with E-state index in [2.05, 4.69) is 4.98 Å². The zero-order chi connectivity index (χ0) is 15.7. The summed E-state index contributed by atoms with van der Waals surface area (Å²) in [6.45, 7) is 0.879. The number of hydrogen-bond acceptors (Lipinski definition) is 5. The molecule has 1 atom stereocenters. The number of rotatable bonds is 4. The maximum absolute atomic E-state index is 11.1. The second kappa shape index (κ2) is 7.12. The highest BCUT2D eigenvalue weighted by Gasteiger charge is 2.28. The predicted molar refractivity (Wildman–Crippen MR) is 91.0 cm³/mol. The number of benzene rings is 1. The number of hydrogen-bond donors (Lipinski definition) is 2. The van der Waals surface area contributed by atoms with Gasteiger partial charge < -0.3 is 20.0 Å². The van der Waals surface area contributed by atoms with E-state index in [0.29, 0.717) is 36.5 Å². The summed E-state index contributed by atoms with van der Waals surface area (Å²) in [6.07, 6.45) is 3.21. The van der Waals surface area contributed by atoms with E-state index in [1.54, 1.807) is 6.07 Å². The van der Waals surface area contributed by atoms with Crippen molar-refractivity contribution in [2.24, 2.45) is 5.73 Å². The third-order valence-corrected chi connectivity index (χ3v) is 4.12. The van der Waals surface area contributed by atoms with E-state index in [1.165, 1.54) is 6.07 Å². The van der Waals surface area contributed by atoms with E-state index in [1.807, 2.05) is 16.8 Å². The Bertz CT molecular complexity index is 774. The van der Waals surface area contributed by atoms with Crippen LogP contribution in [-0.4, -0.2) is 27.6 Å². The molecule has 3 N–H and O–H groups in total. The fourth-order valence-electron chi connectivity index (χ4n) is 2.86. The van der Waals surface area contributed by atoms with Crippen molar-refractivity contribution in [2.45, 2.75) is 18.9 Å². The van der Waals surface area contributed by atoms with Gasteiger partial charge in [-0.25, -0.2) is 0 Å². The summed E-state index contributed by atoms with van der Waals surface area (Å²) in [5, 5.41) is 11.1. The molecule has 124 valence electrons. The minimum absolute atomic E-state index is 0. The summed E-state index contributed by atoms with van der Waals surface area (Å²) in [6, 6.07) is 5.00. The Morgan fingerprint density at radius 2 is 2.30 bits per heavy atom. The topological polar surface area (TPSA) is 99.1 Å². The molecule has 1 aliphatic rings. The lowest BCUT2D eigenvalue weighted by molar-refractivity contribution is -0.386. The van der Waals surface area contributed by atoms with Crippen molar-refractivity contribution < 1.29 is 9.66 Å². The van der Waals surface area contributed by atoms with Crippen molar-refractivity contribution >= 4 is 30.3 Å². The normalized spacial score (nSPS) is 16.1. The second-order valence-electron chi connectivity index (χ2n) is 5.19. The Morgan fingerprint density at radius 1 is 1.52 bits per heavy atom. The Balaban J connectivity index is 0.00000192. The molecule has 0 saturated heterocycles. The Morgan fingerprint density at radius 3 is 3.00 bits per heavy atom. The maximum Gasteiger partial charge on any atom is 0.311 e. The lowest BCUT2D eigenvalue weighted by Gasteiger charge is -2.27. The summed E-state index contributed by atoms with van der Waals surface area (Å²) >= 11 is 5.34. The highest BCUT2D eigenvalue weighted by Crippen LogP contribution is 2.37. The number of nitrogens with two attached hydrogens (primary N) is 1. The molecular weight excluding hydrogens is 340 g/mol. The molecule has 0 unspecified atom stereocenters. The summed E-state index contributed by atoms with van der Waals surface area (Å²) < 4.78 is 8.31. The van der Waals surface area contributed by atoms with E-state index < -0.39 is 4.92 Å². The molecule has 23 heavy (non-hydrogen) atoms. The number of H-pyrrole nitrogens is 1. The molecule has 0 radical (unpaired) electrons. The first-order valence-corrected chi connectivity index (χ1v) is 7.40. The first kappa shape index (κ1) is 17.5. The van der Waals surface area contributed by atoms with Crippen molar-refractivity contribution in [1.82, 2.24) is 9.55 Å². The van der Waals surface area contributed by atoms with Crippen LogP contribution in [0.15, 0.2) is 24.4 Å². The van der Waals surface area contributed by atoms with Gasteiger partial charge in [0.2, 0.25) is 0 Å². The second-order valence-corrected chi connectivity index (χ2v) is 5.57. The van der Waals surface area contributed by atoms with E-state index in [4.69, 9.17) is 22.7 Å². The molecule has 0 fully saturated rings.